The summed E-state index contributed by atoms with van der Waals surface area (Å²) in [6.07, 6.45) is 2.22. The van der Waals surface area contributed by atoms with Crippen LogP contribution in [-0.2, 0) is 23.0 Å². The van der Waals surface area contributed by atoms with Crippen LogP contribution in [0.4, 0.5) is 0 Å². The van der Waals surface area contributed by atoms with Gasteiger partial charge in [0, 0.05) is 19.0 Å². The maximum atomic E-state index is 12.5. The van der Waals surface area contributed by atoms with Gasteiger partial charge in [0.05, 0.1) is 18.5 Å². The molecule has 0 spiro atoms. The third kappa shape index (κ3) is 3.25. The van der Waals surface area contributed by atoms with Crippen molar-refractivity contribution < 1.29 is 13.2 Å². The molecule has 6 nitrogen and oxygen atoms in total. The van der Waals surface area contributed by atoms with Crippen molar-refractivity contribution in [1.29, 1.82) is 0 Å². The van der Waals surface area contributed by atoms with Crippen LogP contribution >= 0.6 is 0 Å². The zero-order valence-electron chi connectivity index (χ0n) is 13.3. The minimum absolute atomic E-state index is 0.126. The molecule has 0 bridgehead atoms. The Morgan fingerprint density at radius 2 is 2.17 bits per heavy atom. The van der Waals surface area contributed by atoms with Crippen LogP contribution in [0, 0.1) is 12.8 Å². The van der Waals surface area contributed by atoms with Crippen LogP contribution < -0.4 is 9.46 Å². The highest BCUT2D eigenvalue weighted by atomic mass is 32.2. The average molecular weight is 335 g/mol. The predicted molar refractivity (Wildman–Crippen MR) is 87.0 cm³/mol. The third-order valence-electron chi connectivity index (χ3n) is 4.16. The van der Waals surface area contributed by atoms with Gasteiger partial charge in [0.2, 0.25) is 10.0 Å². The molecule has 0 aliphatic carbocycles. The van der Waals surface area contributed by atoms with Crippen molar-refractivity contribution in [2.75, 3.05) is 13.2 Å². The molecule has 1 aromatic heterocycles. The van der Waals surface area contributed by atoms with Crippen LogP contribution in [-0.4, -0.2) is 31.3 Å². The first-order valence-electron chi connectivity index (χ1n) is 7.74. The lowest BCUT2D eigenvalue weighted by atomic mass is 9.97. The van der Waals surface area contributed by atoms with E-state index in [1.54, 1.807) is 11.6 Å². The van der Waals surface area contributed by atoms with Gasteiger partial charge in [-0.3, -0.25) is 4.68 Å². The smallest absolute Gasteiger partial charge is 0.243 e. The Labute approximate surface area is 136 Å². The van der Waals surface area contributed by atoms with Gasteiger partial charge >= 0.3 is 0 Å². The molecule has 1 aliphatic rings. The predicted octanol–water partition coefficient (Wildman–Crippen LogP) is 1.74. The Hall–Kier alpha value is -1.86. The van der Waals surface area contributed by atoms with E-state index in [1.165, 1.54) is 6.20 Å². The van der Waals surface area contributed by atoms with Crippen LogP contribution in [0.25, 0.3) is 0 Å². The number of benzene rings is 1. The van der Waals surface area contributed by atoms with E-state index in [-0.39, 0.29) is 10.8 Å². The normalized spacial score (nSPS) is 17.6. The lowest BCUT2D eigenvalue weighted by Gasteiger charge is -2.25. The quantitative estimate of drug-likeness (QED) is 0.903. The Morgan fingerprint density at radius 1 is 1.39 bits per heavy atom. The molecule has 0 fully saturated rings. The fourth-order valence-corrected chi connectivity index (χ4v) is 4.13. The zero-order valence-corrected chi connectivity index (χ0v) is 14.1. The van der Waals surface area contributed by atoms with Crippen LogP contribution in [0.1, 0.15) is 18.2 Å². The van der Waals surface area contributed by atoms with Crippen molar-refractivity contribution in [3.8, 4) is 5.75 Å². The van der Waals surface area contributed by atoms with E-state index in [0.29, 0.717) is 25.4 Å². The van der Waals surface area contributed by atoms with Gasteiger partial charge in [0.1, 0.15) is 10.6 Å². The highest BCUT2D eigenvalue weighted by molar-refractivity contribution is 7.89. The van der Waals surface area contributed by atoms with E-state index in [4.69, 9.17) is 4.74 Å². The van der Waals surface area contributed by atoms with E-state index < -0.39 is 10.0 Å². The number of fused-ring (bicyclic) bond motifs is 1. The second kappa shape index (κ2) is 6.33. The van der Waals surface area contributed by atoms with Crippen molar-refractivity contribution in [3.05, 3.63) is 41.7 Å². The minimum atomic E-state index is -3.55. The van der Waals surface area contributed by atoms with Crippen LogP contribution in [0.5, 0.6) is 5.75 Å². The summed E-state index contributed by atoms with van der Waals surface area (Å²) in [5.74, 6) is 1.02. The SMILES string of the molecule is CCn1ncc(S(=O)(=O)NC[C@@H]2COc3ccccc3C2)c1C. The third-order valence-corrected chi connectivity index (χ3v) is 5.69. The van der Waals surface area contributed by atoms with Crippen LogP contribution in [0.15, 0.2) is 35.4 Å². The number of nitrogens with zero attached hydrogens (tertiary/aromatic N) is 2. The number of ether oxygens (including phenoxy) is 1. The number of aryl methyl sites for hydroxylation is 1. The van der Waals surface area contributed by atoms with Gasteiger partial charge in [-0.25, -0.2) is 13.1 Å². The molecular weight excluding hydrogens is 314 g/mol. The first-order chi connectivity index (χ1) is 11.0. The molecule has 1 atom stereocenters. The van der Waals surface area contributed by atoms with Gasteiger partial charge in [0.15, 0.2) is 0 Å². The molecule has 2 heterocycles. The maximum absolute atomic E-state index is 12.5. The number of aromatic nitrogens is 2. The molecule has 124 valence electrons. The molecule has 0 saturated carbocycles. The summed E-state index contributed by atoms with van der Waals surface area (Å²) in [4.78, 5) is 0.247. The molecule has 1 aromatic carbocycles. The summed E-state index contributed by atoms with van der Waals surface area (Å²) in [5, 5.41) is 4.10. The summed E-state index contributed by atoms with van der Waals surface area (Å²) in [5.41, 5.74) is 1.78. The largest absolute Gasteiger partial charge is 0.493 e. The van der Waals surface area contributed by atoms with Gasteiger partial charge in [-0.1, -0.05) is 18.2 Å². The average Bonchev–Trinajstić information content (AvgIpc) is 2.94. The minimum Gasteiger partial charge on any atom is -0.493 e. The number of rotatable bonds is 5. The lowest BCUT2D eigenvalue weighted by Crippen LogP contribution is -2.35. The first-order valence-corrected chi connectivity index (χ1v) is 9.22. The maximum Gasteiger partial charge on any atom is 0.243 e. The summed E-state index contributed by atoms with van der Waals surface area (Å²) in [7, 11) is -3.55. The molecule has 0 amide bonds. The molecule has 23 heavy (non-hydrogen) atoms. The van der Waals surface area contributed by atoms with Gasteiger partial charge in [-0.2, -0.15) is 5.10 Å². The number of nitrogens with one attached hydrogen (secondary N) is 1. The summed E-state index contributed by atoms with van der Waals surface area (Å²) in [6.45, 7) is 5.22. The van der Waals surface area contributed by atoms with Crippen molar-refractivity contribution >= 4 is 10.0 Å². The van der Waals surface area contributed by atoms with Gasteiger partial charge in [-0.05, 0) is 31.9 Å². The van der Waals surface area contributed by atoms with Crippen molar-refractivity contribution in [1.82, 2.24) is 14.5 Å². The molecule has 2 aromatic rings. The molecule has 0 saturated heterocycles. The number of hydrogen-bond acceptors (Lipinski definition) is 4. The topological polar surface area (TPSA) is 73.2 Å². The van der Waals surface area contributed by atoms with Crippen molar-refractivity contribution in [2.24, 2.45) is 5.92 Å². The van der Waals surface area contributed by atoms with Gasteiger partial charge < -0.3 is 4.74 Å². The highest BCUT2D eigenvalue weighted by Crippen LogP contribution is 2.26. The number of para-hydroxylation sites is 1. The fourth-order valence-electron chi connectivity index (χ4n) is 2.84. The Bertz CT molecular complexity index is 799. The highest BCUT2D eigenvalue weighted by Gasteiger charge is 2.24. The van der Waals surface area contributed by atoms with Crippen LogP contribution in [0.2, 0.25) is 0 Å². The van der Waals surface area contributed by atoms with E-state index >= 15 is 0 Å². The number of hydrogen-bond donors (Lipinski definition) is 1. The van der Waals surface area contributed by atoms with E-state index in [0.717, 1.165) is 17.7 Å². The zero-order chi connectivity index (χ0) is 16.4. The standard InChI is InChI=1S/C16H21N3O3S/c1-3-19-12(2)16(10-17-19)23(20,21)18-9-13-8-14-6-4-5-7-15(14)22-11-13/h4-7,10,13,18H,3,8-9,11H2,1-2H3/t13-/m1/s1. The van der Waals surface area contributed by atoms with Gasteiger partial charge in [-0.15, -0.1) is 0 Å². The summed E-state index contributed by atoms with van der Waals surface area (Å²) >= 11 is 0. The molecule has 0 unspecified atom stereocenters. The monoisotopic (exact) mass is 335 g/mol. The molecule has 0 radical (unpaired) electrons. The second-order valence-electron chi connectivity index (χ2n) is 5.75. The molecule has 1 N–H and O–H groups in total. The Balaban J connectivity index is 1.67. The van der Waals surface area contributed by atoms with E-state index in [2.05, 4.69) is 9.82 Å². The fraction of sp³-hybridized carbons (Fsp3) is 0.438. The second-order valence-corrected chi connectivity index (χ2v) is 7.49. The van der Waals surface area contributed by atoms with Crippen molar-refractivity contribution in [3.63, 3.8) is 0 Å². The van der Waals surface area contributed by atoms with E-state index in [9.17, 15) is 8.42 Å². The Morgan fingerprint density at radius 3 is 2.91 bits per heavy atom. The summed E-state index contributed by atoms with van der Waals surface area (Å²) in [6, 6.07) is 7.87. The Kier molecular flexibility index (Phi) is 4.41. The van der Waals surface area contributed by atoms with Gasteiger partial charge in [0.25, 0.3) is 0 Å². The molecular formula is C16H21N3O3S. The number of sulfonamides is 1. The van der Waals surface area contributed by atoms with Crippen molar-refractivity contribution in [2.45, 2.75) is 31.7 Å². The molecule has 1 aliphatic heterocycles. The molecule has 7 heteroatoms. The summed E-state index contributed by atoms with van der Waals surface area (Å²) < 4.78 is 35.0. The van der Waals surface area contributed by atoms with E-state index in [1.807, 2.05) is 31.2 Å². The van der Waals surface area contributed by atoms with Crippen LogP contribution in [0.3, 0.4) is 0 Å². The first kappa shape index (κ1) is 16.0. The molecule has 3 rings (SSSR count). The lowest BCUT2D eigenvalue weighted by molar-refractivity contribution is 0.223.